The molecule has 0 saturated heterocycles. The van der Waals surface area contributed by atoms with E-state index in [0.717, 1.165) is 16.7 Å². The van der Waals surface area contributed by atoms with Crippen molar-refractivity contribution >= 4 is 23.1 Å². The molecule has 0 saturated carbocycles. The van der Waals surface area contributed by atoms with Crippen LogP contribution in [0.2, 0.25) is 0 Å². The van der Waals surface area contributed by atoms with E-state index in [1.54, 1.807) is 6.08 Å². The SMILES string of the molecule is C/C=C\c1ccc(C2=CC=CC(=N)C2=N)cc1. The van der Waals surface area contributed by atoms with Crippen molar-refractivity contribution in [3.05, 3.63) is 59.7 Å². The van der Waals surface area contributed by atoms with Crippen LogP contribution >= 0.6 is 0 Å². The van der Waals surface area contributed by atoms with Gasteiger partial charge in [0.25, 0.3) is 0 Å². The Balaban J connectivity index is 2.35. The summed E-state index contributed by atoms with van der Waals surface area (Å²) >= 11 is 0. The van der Waals surface area contributed by atoms with Gasteiger partial charge in [0, 0.05) is 5.57 Å². The normalized spacial score (nSPS) is 15.5. The molecule has 2 nitrogen and oxygen atoms in total. The molecule has 0 aromatic heterocycles. The minimum Gasteiger partial charge on any atom is -0.299 e. The Morgan fingerprint density at radius 2 is 1.76 bits per heavy atom. The Morgan fingerprint density at radius 1 is 1.06 bits per heavy atom. The predicted octanol–water partition coefficient (Wildman–Crippen LogP) is 3.71. The maximum atomic E-state index is 7.87. The maximum Gasteiger partial charge on any atom is 0.0867 e. The van der Waals surface area contributed by atoms with Crippen LogP contribution < -0.4 is 0 Å². The molecular weight excluding hydrogens is 208 g/mol. The van der Waals surface area contributed by atoms with Gasteiger partial charge in [0.05, 0.1) is 11.4 Å². The van der Waals surface area contributed by atoms with Crippen LogP contribution in [0, 0.1) is 10.8 Å². The molecule has 0 atom stereocenters. The van der Waals surface area contributed by atoms with Gasteiger partial charge in [0.1, 0.15) is 0 Å². The average molecular weight is 222 g/mol. The summed E-state index contributed by atoms with van der Waals surface area (Å²) in [6.07, 6.45) is 9.36. The molecule has 17 heavy (non-hydrogen) atoms. The fourth-order valence-corrected chi connectivity index (χ4v) is 1.76. The predicted molar refractivity (Wildman–Crippen MR) is 73.7 cm³/mol. The largest absolute Gasteiger partial charge is 0.299 e. The molecule has 2 rings (SSSR count). The van der Waals surface area contributed by atoms with Crippen molar-refractivity contribution in [2.75, 3.05) is 0 Å². The van der Waals surface area contributed by atoms with Crippen LogP contribution in [0.1, 0.15) is 18.1 Å². The fourth-order valence-electron chi connectivity index (χ4n) is 1.76. The Labute approximate surface area is 101 Å². The fraction of sp³-hybridized carbons (Fsp3) is 0.0667. The third-order valence-corrected chi connectivity index (χ3v) is 2.65. The zero-order valence-corrected chi connectivity index (χ0v) is 9.70. The van der Waals surface area contributed by atoms with Gasteiger partial charge in [-0.15, -0.1) is 0 Å². The van der Waals surface area contributed by atoms with Crippen LogP contribution in [0.5, 0.6) is 0 Å². The van der Waals surface area contributed by atoms with Crippen LogP contribution in [0.3, 0.4) is 0 Å². The molecule has 0 fully saturated rings. The van der Waals surface area contributed by atoms with E-state index in [2.05, 4.69) is 0 Å². The van der Waals surface area contributed by atoms with Crippen molar-refractivity contribution < 1.29 is 0 Å². The lowest BCUT2D eigenvalue weighted by Crippen LogP contribution is -2.13. The zero-order chi connectivity index (χ0) is 12.3. The zero-order valence-electron chi connectivity index (χ0n) is 9.70. The smallest absolute Gasteiger partial charge is 0.0867 e. The molecule has 1 aromatic carbocycles. The Bertz CT molecular complexity index is 543. The number of allylic oxidation sites excluding steroid dienone is 5. The number of nitrogens with one attached hydrogen (secondary N) is 2. The standard InChI is InChI=1S/C15H14N2/c1-2-4-11-7-9-12(10-8-11)13-5-3-6-14(16)15(13)17/h2-10,16-17H,1H3/b4-2-,16-14?,17-15?. The van der Waals surface area contributed by atoms with Gasteiger partial charge in [-0.1, -0.05) is 48.6 Å². The summed E-state index contributed by atoms with van der Waals surface area (Å²) in [5.41, 5.74) is 3.48. The van der Waals surface area contributed by atoms with Gasteiger partial charge in [-0.3, -0.25) is 10.8 Å². The van der Waals surface area contributed by atoms with E-state index in [1.807, 2.05) is 55.5 Å². The first-order valence-corrected chi connectivity index (χ1v) is 5.51. The van der Waals surface area contributed by atoms with Gasteiger partial charge < -0.3 is 0 Å². The van der Waals surface area contributed by atoms with Gasteiger partial charge in [-0.05, 0) is 24.1 Å². The van der Waals surface area contributed by atoms with Gasteiger partial charge in [-0.25, -0.2) is 0 Å². The molecule has 84 valence electrons. The third-order valence-electron chi connectivity index (χ3n) is 2.65. The van der Waals surface area contributed by atoms with Gasteiger partial charge in [-0.2, -0.15) is 0 Å². The molecule has 1 aliphatic carbocycles. The molecule has 1 aromatic rings. The average Bonchev–Trinajstić information content (AvgIpc) is 2.34. The van der Waals surface area contributed by atoms with E-state index in [-0.39, 0.29) is 11.4 Å². The van der Waals surface area contributed by atoms with E-state index in [1.165, 1.54) is 0 Å². The number of rotatable bonds is 2. The molecule has 1 aliphatic rings. The van der Waals surface area contributed by atoms with Crippen molar-refractivity contribution in [1.29, 1.82) is 10.8 Å². The van der Waals surface area contributed by atoms with E-state index >= 15 is 0 Å². The molecule has 0 unspecified atom stereocenters. The van der Waals surface area contributed by atoms with Gasteiger partial charge in [0.2, 0.25) is 0 Å². The third kappa shape index (κ3) is 2.31. The van der Waals surface area contributed by atoms with Crippen molar-refractivity contribution in [1.82, 2.24) is 0 Å². The van der Waals surface area contributed by atoms with Gasteiger partial charge >= 0.3 is 0 Å². The summed E-state index contributed by atoms with van der Waals surface area (Å²) in [5.74, 6) is 0. The first-order valence-electron chi connectivity index (χ1n) is 5.51. The monoisotopic (exact) mass is 222 g/mol. The second-order valence-corrected chi connectivity index (χ2v) is 3.85. The van der Waals surface area contributed by atoms with E-state index in [4.69, 9.17) is 10.8 Å². The highest BCUT2D eigenvalue weighted by Crippen LogP contribution is 2.20. The highest BCUT2D eigenvalue weighted by molar-refractivity contribution is 6.59. The molecule has 2 N–H and O–H groups in total. The molecule has 0 heterocycles. The first kappa shape index (κ1) is 11.3. The molecule has 0 spiro atoms. The van der Waals surface area contributed by atoms with E-state index in [9.17, 15) is 0 Å². The summed E-state index contributed by atoms with van der Waals surface area (Å²) in [7, 11) is 0. The molecule has 0 aliphatic heterocycles. The molecule has 0 amide bonds. The quantitative estimate of drug-likeness (QED) is 0.717. The lowest BCUT2D eigenvalue weighted by atomic mass is 9.93. The Kier molecular flexibility index (Phi) is 3.15. The summed E-state index contributed by atoms with van der Waals surface area (Å²) < 4.78 is 0. The molecular formula is C15H14N2. The lowest BCUT2D eigenvalue weighted by molar-refractivity contribution is 1.48. The van der Waals surface area contributed by atoms with Crippen molar-refractivity contribution in [2.45, 2.75) is 6.92 Å². The number of hydrogen-bond donors (Lipinski definition) is 2. The van der Waals surface area contributed by atoms with Crippen LogP contribution in [-0.2, 0) is 0 Å². The summed E-state index contributed by atoms with van der Waals surface area (Å²) in [4.78, 5) is 0. The Morgan fingerprint density at radius 3 is 2.41 bits per heavy atom. The minimum atomic E-state index is 0.264. The van der Waals surface area contributed by atoms with Crippen molar-refractivity contribution in [3.63, 3.8) is 0 Å². The number of benzene rings is 1. The van der Waals surface area contributed by atoms with Crippen molar-refractivity contribution in [2.24, 2.45) is 0 Å². The topological polar surface area (TPSA) is 47.7 Å². The highest BCUT2D eigenvalue weighted by Gasteiger charge is 2.13. The molecule has 0 bridgehead atoms. The number of hydrogen-bond acceptors (Lipinski definition) is 2. The van der Waals surface area contributed by atoms with Crippen molar-refractivity contribution in [3.8, 4) is 0 Å². The first-order chi connectivity index (χ1) is 8.22. The summed E-state index contributed by atoms with van der Waals surface area (Å²) in [6.45, 7) is 1.99. The van der Waals surface area contributed by atoms with Crippen LogP contribution in [-0.4, -0.2) is 11.4 Å². The molecule has 0 radical (unpaired) electrons. The second kappa shape index (κ2) is 4.74. The van der Waals surface area contributed by atoms with Crippen LogP contribution in [0.15, 0.2) is 48.6 Å². The summed E-state index contributed by atoms with van der Waals surface area (Å²) in [6, 6.07) is 8.01. The summed E-state index contributed by atoms with van der Waals surface area (Å²) in [5, 5.41) is 15.5. The van der Waals surface area contributed by atoms with Crippen LogP contribution in [0.25, 0.3) is 11.6 Å². The van der Waals surface area contributed by atoms with Gasteiger partial charge in [0.15, 0.2) is 0 Å². The van der Waals surface area contributed by atoms with Crippen LogP contribution in [0.4, 0.5) is 0 Å². The lowest BCUT2D eigenvalue weighted by Gasteiger charge is -2.11. The maximum absolute atomic E-state index is 7.87. The van der Waals surface area contributed by atoms with E-state index < -0.39 is 0 Å². The Hall–Kier alpha value is -2.22. The highest BCUT2D eigenvalue weighted by atomic mass is 14.5. The second-order valence-electron chi connectivity index (χ2n) is 3.85. The molecule has 2 heteroatoms. The van der Waals surface area contributed by atoms with E-state index in [0.29, 0.717) is 0 Å². The minimum absolute atomic E-state index is 0.264.